The number of hydrogen-bond acceptors (Lipinski definition) is 6. The molecular weight excluding hydrogens is 473 g/mol. The van der Waals surface area contributed by atoms with E-state index in [-0.39, 0.29) is 24.3 Å². The van der Waals surface area contributed by atoms with Gasteiger partial charge in [0.25, 0.3) is 10.1 Å². The van der Waals surface area contributed by atoms with Crippen LogP contribution in [0.1, 0.15) is 35.4 Å². The van der Waals surface area contributed by atoms with Crippen LogP contribution in [0.4, 0.5) is 4.39 Å². The number of fused-ring (bicyclic) bond motifs is 3. The molecule has 176 valence electrons. The molecule has 0 N–H and O–H groups in total. The van der Waals surface area contributed by atoms with E-state index < -0.39 is 28.1 Å². The van der Waals surface area contributed by atoms with E-state index in [1.807, 2.05) is 29.0 Å². The van der Waals surface area contributed by atoms with Gasteiger partial charge in [0.15, 0.2) is 11.5 Å². The summed E-state index contributed by atoms with van der Waals surface area (Å²) >= 11 is 6.32. The van der Waals surface area contributed by atoms with Crippen LogP contribution in [0.2, 0.25) is 5.02 Å². The molecule has 0 radical (unpaired) electrons. The number of ether oxygens (including phenoxy) is 3. The molecule has 0 amide bonds. The predicted molar refractivity (Wildman–Crippen MR) is 121 cm³/mol. The first-order chi connectivity index (χ1) is 15.7. The fraction of sp³-hybridized carbons (Fsp3) is 0.304. The molecular formula is C23H23ClFNO6S. The van der Waals surface area contributed by atoms with Crippen LogP contribution in [-0.2, 0) is 19.0 Å². The number of halogens is 2. The number of rotatable bonds is 7. The van der Waals surface area contributed by atoms with Crippen molar-refractivity contribution in [1.82, 2.24) is 4.57 Å². The minimum atomic E-state index is -3.63. The minimum absolute atomic E-state index is 0.101. The van der Waals surface area contributed by atoms with E-state index in [9.17, 15) is 8.42 Å². The molecule has 0 unspecified atom stereocenters. The smallest absolute Gasteiger partial charge is 0.264 e. The number of hydrogen-bond donors (Lipinski definition) is 0. The van der Waals surface area contributed by atoms with Gasteiger partial charge in [-0.15, -0.1) is 0 Å². The van der Waals surface area contributed by atoms with E-state index in [0.717, 1.165) is 17.6 Å². The predicted octanol–water partition coefficient (Wildman–Crippen LogP) is 4.81. The second kappa shape index (κ2) is 9.34. The van der Waals surface area contributed by atoms with Crippen LogP contribution < -0.4 is 9.47 Å². The maximum Gasteiger partial charge on any atom is 0.264 e. The molecule has 0 bridgehead atoms. The van der Waals surface area contributed by atoms with Gasteiger partial charge in [-0.3, -0.25) is 4.18 Å². The van der Waals surface area contributed by atoms with Gasteiger partial charge in [0, 0.05) is 23.2 Å². The zero-order chi connectivity index (χ0) is 23.8. The van der Waals surface area contributed by atoms with Gasteiger partial charge in [0.05, 0.1) is 44.0 Å². The van der Waals surface area contributed by atoms with Crippen molar-refractivity contribution in [2.45, 2.75) is 18.6 Å². The Balaban J connectivity index is 1.89. The van der Waals surface area contributed by atoms with E-state index in [4.69, 9.17) is 30.0 Å². The lowest BCUT2D eigenvalue weighted by atomic mass is 9.97. The molecule has 1 aliphatic heterocycles. The summed E-state index contributed by atoms with van der Waals surface area (Å²) in [5, 5.41) is 0.456. The van der Waals surface area contributed by atoms with Crippen LogP contribution in [0.3, 0.4) is 0 Å². The Morgan fingerprint density at radius 2 is 1.94 bits per heavy atom. The van der Waals surface area contributed by atoms with Crippen LogP contribution in [0.15, 0.2) is 48.7 Å². The Morgan fingerprint density at radius 1 is 1.15 bits per heavy atom. The van der Waals surface area contributed by atoms with Crippen LogP contribution in [0, 0.1) is 5.82 Å². The molecule has 1 aromatic heterocycles. The van der Waals surface area contributed by atoms with Gasteiger partial charge < -0.3 is 18.8 Å². The van der Waals surface area contributed by atoms with Gasteiger partial charge in [-0.1, -0.05) is 11.6 Å². The summed E-state index contributed by atoms with van der Waals surface area (Å²) < 4.78 is 62.5. The second-order valence-corrected chi connectivity index (χ2v) is 9.60. The Kier molecular flexibility index (Phi) is 6.67. The first-order valence-electron chi connectivity index (χ1n) is 10.1. The lowest BCUT2D eigenvalue weighted by Gasteiger charge is -2.25. The summed E-state index contributed by atoms with van der Waals surface area (Å²) in [5.74, 6) is 0.00864. The monoisotopic (exact) mass is 495 g/mol. The van der Waals surface area contributed by atoms with Crippen molar-refractivity contribution in [3.63, 3.8) is 0 Å². The van der Waals surface area contributed by atoms with Gasteiger partial charge in [0.2, 0.25) is 0 Å². The standard InChI is InChI=1S/C23H23ClFNO6S/c1-29-20-9-7-16(25)21(23(20)30-2)22-15-13-14(24)6-8-17(15)26-11-4-5-18(26)19(32-22)10-12-31-33(3,27)28/h4-9,11,13,19,22H,10,12H2,1-3H3/t19-,22+/m0/s1. The highest BCUT2D eigenvalue weighted by Crippen LogP contribution is 2.47. The third-order valence-electron chi connectivity index (χ3n) is 5.41. The van der Waals surface area contributed by atoms with Gasteiger partial charge in [-0.05, 0) is 42.5 Å². The van der Waals surface area contributed by atoms with Gasteiger partial charge in [-0.2, -0.15) is 8.42 Å². The average Bonchev–Trinajstić information content (AvgIpc) is 3.21. The molecule has 2 aromatic carbocycles. The van der Waals surface area contributed by atoms with Crippen LogP contribution in [0.25, 0.3) is 5.69 Å². The molecule has 0 saturated heterocycles. The maximum atomic E-state index is 15.3. The van der Waals surface area contributed by atoms with Crippen molar-refractivity contribution in [2.24, 2.45) is 0 Å². The normalized spacial score (nSPS) is 17.7. The highest BCUT2D eigenvalue weighted by Gasteiger charge is 2.35. The number of aromatic nitrogens is 1. The SMILES string of the molecule is COc1ccc(F)c([C@@H]2O[C@@H](CCOS(C)(=O)=O)c3cccn3-c3ccc(Cl)cc32)c1OC. The molecule has 2 atom stereocenters. The summed E-state index contributed by atoms with van der Waals surface area (Å²) in [7, 11) is -0.730. The minimum Gasteiger partial charge on any atom is -0.493 e. The average molecular weight is 496 g/mol. The van der Waals surface area contributed by atoms with Crippen LogP contribution >= 0.6 is 11.6 Å². The number of methoxy groups -OCH3 is 2. The maximum absolute atomic E-state index is 15.3. The molecule has 0 aliphatic carbocycles. The lowest BCUT2D eigenvalue weighted by molar-refractivity contribution is -0.00657. The van der Waals surface area contributed by atoms with E-state index in [2.05, 4.69) is 0 Å². The topological polar surface area (TPSA) is 76.0 Å². The van der Waals surface area contributed by atoms with E-state index in [1.165, 1.54) is 26.4 Å². The van der Waals surface area contributed by atoms with Crippen molar-refractivity contribution in [1.29, 1.82) is 0 Å². The Bertz CT molecular complexity index is 1280. The summed E-state index contributed by atoms with van der Waals surface area (Å²) in [5.41, 5.74) is 2.29. The fourth-order valence-electron chi connectivity index (χ4n) is 4.06. The number of nitrogens with zero attached hydrogens (tertiary/aromatic N) is 1. The van der Waals surface area contributed by atoms with Crippen molar-refractivity contribution in [3.8, 4) is 17.2 Å². The molecule has 0 saturated carbocycles. The van der Waals surface area contributed by atoms with Crippen molar-refractivity contribution in [2.75, 3.05) is 27.1 Å². The summed E-state index contributed by atoms with van der Waals surface area (Å²) in [4.78, 5) is 0. The lowest BCUT2D eigenvalue weighted by Crippen LogP contribution is -2.16. The zero-order valence-corrected chi connectivity index (χ0v) is 19.8. The molecule has 2 heterocycles. The highest BCUT2D eigenvalue weighted by molar-refractivity contribution is 7.85. The van der Waals surface area contributed by atoms with Crippen molar-refractivity contribution < 1.29 is 31.2 Å². The second-order valence-electron chi connectivity index (χ2n) is 7.52. The van der Waals surface area contributed by atoms with Gasteiger partial charge in [0.1, 0.15) is 18.0 Å². The third-order valence-corrected chi connectivity index (χ3v) is 6.24. The zero-order valence-electron chi connectivity index (χ0n) is 18.2. The first-order valence-corrected chi connectivity index (χ1v) is 12.3. The Morgan fingerprint density at radius 3 is 2.64 bits per heavy atom. The molecule has 33 heavy (non-hydrogen) atoms. The van der Waals surface area contributed by atoms with E-state index >= 15 is 4.39 Å². The van der Waals surface area contributed by atoms with Gasteiger partial charge in [-0.25, -0.2) is 4.39 Å². The molecule has 7 nitrogen and oxygen atoms in total. The Hall–Kier alpha value is -2.59. The van der Waals surface area contributed by atoms with Crippen LogP contribution in [-0.4, -0.2) is 40.1 Å². The first kappa shape index (κ1) is 23.6. The number of benzene rings is 2. The molecule has 0 spiro atoms. The molecule has 10 heteroatoms. The van der Waals surface area contributed by atoms with Crippen molar-refractivity contribution >= 4 is 21.7 Å². The molecule has 0 fully saturated rings. The fourth-order valence-corrected chi connectivity index (χ4v) is 4.63. The van der Waals surface area contributed by atoms with E-state index in [0.29, 0.717) is 16.3 Å². The van der Waals surface area contributed by atoms with E-state index in [1.54, 1.807) is 12.1 Å². The highest BCUT2D eigenvalue weighted by atomic mass is 35.5. The molecule has 4 rings (SSSR count). The summed E-state index contributed by atoms with van der Waals surface area (Å²) in [6.07, 6.45) is 1.52. The van der Waals surface area contributed by atoms with Gasteiger partial charge >= 0.3 is 0 Å². The third kappa shape index (κ3) is 4.72. The van der Waals surface area contributed by atoms with Crippen molar-refractivity contribution in [3.05, 3.63) is 76.3 Å². The summed E-state index contributed by atoms with van der Waals surface area (Å²) in [6, 6.07) is 11.8. The Labute approximate surface area is 196 Å². The largest absolute Gasteiger partial charge is 0.493 e. The molecule has 3 aromatic rings. The quantitative estimate of drug-likeness (QED) is 0.438. The van der Waals surface area contributed by atoms with Crippen LogP contribution in [0.5, 0.6) is 11.5 Å². The summed E-state index contributed by atoms with van der Waals surface area (Å²) in [6.45, 7) is -0.101. The molecule has 1 aliphatic rings.